The van der Waals surface area contributed by atoms with Crippen LogP contribution in [-0.2, 0) is 6.54 Å². The summed E-state index contributed by atoms with van der Waals surface area (Å²) in [6, 6.07) is 5.90. The predicted molar refractivity (Wildman–Crippen MR) is 71.0 cm³/mol. The summed E-state index contributed by atoms with van der Waals surface area (Å²) in [7, 11) is 1.66. The number of methoxy groups -OCH3 is 1. The van der Waals surface area contributed by atoms with Gasteiger partial charge in [0, 0.05) is 6.54 Å². The molecule has 0 aromatic heterocycles. The zero-order chi connectivity index (χ0) is 11.4. The van der Waals surface area contributed by atoms with Gasteiger partial charge in [0.2, 0.25) is 0 Å². The molecule has 0 heterocycles. The quantitative estimate of drug-likeness (QED) is 0.902. The number of hydrogen-bond donors (Lipinski definition) is 1. The molecule has 1 fully saturated rings. The lowest BCUT2D eigenvalue weighted by Gasteiger charge is -2.16. The summed E-state index contributed by atoms with van der Waals surface area (Å²) >= 11 is 0. The number of nitrogens with two attached hydrogens (primary N) is 1. The highest BCUT2D eigenvalue weighted by Crippen LogP contribution is 2.32. The molecule has 0 aliphatic heterocycles. The lowest BCUT2D eigenvalue weighted by atomic mass is 10.2. The van der Waals surface area contributed by atoms with Crippen molar-refractivity contribution < 1.29 is 9.47 Å². The maximum Gasteiger partial charge on any atom is 0.161 e. The normalized spacial score (nSPS) is 15.4. The summed E-state index contributed by atoms with van der Waals surface area (Å²) in [6.07, 6.45) is 5.21. The molecule has 0 radical (unpaired) electrons. The van der Waals surface area contributed by atoms with E-state index >= 15 is 0 Å². The van der Waals surface area contributed by atoms with Gasteiger partial charge in [-0.05, 0) is 43.4 Å². The van der Waals surface area contributed by atoms with Gasteiger partial charge >= 0.3 is 0 Å². The topological polar surface area (TPSA) is 44.5 Å². The van der Waals surface area contributed by atoms with Gasteiger partial charge in [0.1, 0.15) is 0 Å². The van der Waals surface area contributed by atoms with Crippen LogP contribution >= 0.6 is 12.4 Å². The number of halogens is 1. The van der Waals surface area contributed by atoms with E-state index in [1.54, 1.807) is 7.11 Å². The van der Waals surface area contributed by atoms with Crippen LogP contribution in [0.5, 0.6) is 11.5 Å². The molecule has 1 saturated carbocycles. The molecule has 0 spiro atoms. The van der Waals surface area contributed by atoms with Gasteiger partial charge in [-0.1, -0.05) is 6.07 Å². The van der Waals surface area contributed by atoms with Crippen LogP contribution in [0.25, 0.3) is 0 Å². The molecule has 2 rings (SSSR count). The monoisotopic (exact) mass is 257 g/mol. The number of rotatable bonds is 4. The van der Waals surface area contributed by atoms with E-state index in [0.717, 1.165) is 29.9 Å². The Balaban J connectivity index is 0.00000144. The van der Waals surface area contributed by atoms with Crippen LogP contribution in [0, 0.1) is 0 Å². The summed E-state index contributed by atoms with van der Waals surface area (Å²) in [6.45, 7) is 0.528. The van der Waals surface area contributed by atoms with Crippen LogP contribution in [-0.4, -0.2) is 13.2 Å². The van der Waals surface area contributed by atoms with Crippen molar-refractivity contribution in [2.24, 2.45) is 5.73 Å². The SMILES string of the molecule is COc1cc(CN)ccc1OC1CCCC1.Cl. The van der Waals surface area contributed by atoms with Crippen molar-refractivity contribution in [1.82, 2.24) is 0 Å². The molecule has 1 aromatic carbocycles. The lowest BCUT2D eigenvalue weighted by Crippen LogP contribution is -2.11. The molecule has 0 amide bonds. The fourth-order valence-electron chi connectivity index (χ4n) is 2.12. The minimum atomic E-state index is 0. The molecule has 1 aliphatic carbocycles. The Morgan fingerprint density at radius 1 is 1.24 bits per heavy atom. The van der Waals surface area contributed by atoms with Gasteiger partial charge in [-0.3, -0.25) is 0 Å². The minimum Gasteiger partial charge on any atom is -0.493 e. The summed E-state index contributed by atoms with van der Waals surface area (Å²) < 4.78 is 11.2. The summed E-state index contributed by atoms with van der Waals surface area (Å²) in [5, 5.41) is 0. The highest BCUT2D eigenvalue weighted by molar-refractivity contribution is 5.85. The highest BCUT2D eigenvalue weighted by Gasteiger charge is 2.18. The van der Waals surface area contributed by atoms with Crippen LogP contribution in [0.15, 0.2) is 18.2 Å². The molecular formula is C13H20ClNO2. The second kappa shape index (κ2) is 6.72. The molecule has 1 aliphatic rings. The van der Waals surface area contributed by atoms with Gasteiger partial charge in [0.05, 0.1) is 13.2 Å². The van der Waals surface area contributed by atoms with E-state index in [2.05, 4.69) is 0 Å². The Bertz CT molecular complexity index is 351. The van der Waals surface area contributed by atoms with Gasteiger partial charge < -0.3 is 15.2 Å². The second-order valence-electron chi connectivity index (χ2n) is 4.21. The first-order chi connectivity index (χ1) is 7.83. The van der Waals surface area contributed by atoms with E-state index in [0.29, 0.717) is 12.6 Å². The molecular weight excluding hydrogens is 238 g/mol. The van der Waals surface area contributed by atoms with Crippen molar-refractivity contribution in [3.05, 3.63) is 23.8 Å². The Morgan fingerprint density at radius 3 is 2.53 bits per heavy atom. The first-order valence-corrected chi connectivity index (χ1v) is 5.87. The largest absolute Gasteiger partial charge is 0.493 e. The summed E-state index contributed by atoms with van der Waals surface area (Å²) in [4.78, 5) is 0. The maximum absolute atomic E-state index is 5.93. The van der Waals surface area contributed by atoms with Gasteiger partial charge in [0.15, 0.2) is 11.5 Å². The van der Waals surface area contributed by atoms with Crippen LogP contribution in [0.2, 0.25) is 0 Å². The van der Waals surface area contributed by atoms with Gasteiger partial charge in [0.25, 0.3) is 0 Å². The van der Waals surface area contributed by atoms with Crippen molar-refractivity contribution in [3.63, 3.8) is 0 Å². The molecule has 3 nitrogen and oxygen atoms in total. The highest BCUT2D eigenvalue weighted by atomic mass is 35.5. The van der Waals surface area contributed by atoms with E-state index in [4.69, 9.17) is 15.2 Å². The standard InChI is InChI=1S/C13H19NO2.ClH/c1-15-13-8-10(9-14)6-7-12(13)16-11-4-2-3-5-11;/h6-8,11H,2-5,9,14H2,1H3;1H. The van der Waals surface area contributed by atoms with Gasteiger partial charge in [-0.15, -0.1) is 12.4 Å². The second-order valence-corrected chi connectivity index (χ2v) is 4.21. The lowest BCUT2D eigenvalue weighted by molar-refractivity contribution is 0.200. The van der Waals surface area contributed by atoms with Crippen LogP contribution in [0.4, 0.5) is 0 Å². The summed E-state index contributed by atoms with van der Waals surface area (Å²) in [5.41, 5.74) is 6.66. The van der Waals surface area contributed by atoms with Crippen molar-refractivity contribution in [1.29, 1.82) is 0 Å². The van der Waals surface area contributed by atoms with Crippen molar-refractivity contribution >= 4 is 12.4 Å². The van der Waals surface area contributed by atoms with Gasteiger partial charge in [-0.25, -0.2) is 0 Å². The van der Waals surface area contributed by atoms with E-state index in [9.17, 15) is 0 Å². The Hall–Kier alpha value is -0.930. The van der Waals surface area contributed by atoms with Crippen LogP contribution < -0.4 is 15.2 Å². The average Bonchev–Trinajstić information content (AvgIpc) is 2.82. The van der Waals surface area contributed by atoms with Crippen molar-refractivity contribution in [2.75, 3.05) is 7.11 Å². The Morgan fingerprint density at radius 2 is 1.94 bits per heavy atom. The Kier molecular flexibility index (Phi) is 5.59. The zero-order valence-electron chi connectivity index (χ0n) is 10.1. The van der Waals surface area contributed by atoms with E-state index < -0.39 is 0 Å². The fourth-order valence-corrected chi connectivity index (χ4v) is 2.12. The van der Waals surface area contributed by atoms with E-state index in [1.165, 1.54) is 12.8 Å². The molecule has 17 heavy (non-hydrogen) atoms. The van der Waals surface area contributed by atoms with Crippen molar-refractivity contribution in [3.8, 4) is 11.5 Å². The smallest absolute Gasteiger partial charge is 0.161 e. The van der Waals surface area contributed by atoms with Crippen LogP contribution in [0.1, 0.15) is 31.2 Å². The minimum absolute atomic E-state index is 0. The number of benzene rings is 1. The predicted octanol–water partition coefficient (Wildman–Crippen LogP) is 2.90. The molecule has 1 aromatic rings. The molecule has 0 saturated heterocycles. The third kappa shape index (κ3) is 3.51. The molecule has 96 valence electrons. The third-order valence-electron chi connectivity index (χ3n) is 3.06. The first-order valence-electron chi connectivity index (χ1n) is 5.87. The molecule has 0 unspecified atom stereocenters. The molecule has 2 N–H and O–H groups in total. The van der Waals surface area contributed by atoms with Gasteiger partial charge in [-0.2, -0.15) is 0 Å². The molecule has 0 atom stereocenters. The molecule has 0 bridgehead atoms. The molecule has 4 heteroatoms. The third-order valence-corrected chi connectivity index (χ3v) is 3.06. The number of hydrogen-bond acceptors (Lipinski definition) is 3. The Labute approximate surface area is 109 Å². The maximum atomic E-state index is 5.93. The van der Waals surface area contributed by atoms with E-state index in [-0.39, 0.29) is 12.4 Å². The first kappa shape index (κ1) is 14.1. The fraction of sp³-hybridized carbons (Fsp3) is 0.538. The average molecular weight is 258 g/mol. The zero-order valence-corrected chi connectivity index (χ0v) is 11.0. The summed E-state index contributed by atoms with van der Waals surface area (Å²) in [5.74, 6) is 1.63. The van der Waals surface area contributed by atoms with E-state index in [1.807, 2.05) is 18.2 Å². The van der Waals surface area contributed by atoms with Crippen LogP contribution in [0.3, 0.4) is 0 Å². The number of ether oxygens (including phenoxy) is 2. The van der Waals surface area contributed by atoms with Crippen molar-refractivity contribution in [2.45, 2.75) is 38.3 Å².